The second-order valence-corrected chi connectivity index (χ2v) is 8.04. The van der Waals surface area contributed by atoms with Crippen LogP contribution in [0.15, 0.2) is 48.8 Å². The van der Waals surface area contributed by atoms with E-state index in [9.17, 15) is 9.18 Å². The van der Waals surface area contributed by atoms with Crippen molar-refractivity contribution in [2.75, 3.05) is 23.3 Å². The number of nitrogens with one attached hydrogen (secondary N) is 2. The largest absolute Gasteiger partial charge is 0.325 e. The molecule has 2 heterocycles. The molecule has 0 fully saturated rings. The molecule has 2 N–H and O–H groups in total. The van der Waals surface area contributed by atoms with Gasteiger partial charge in [0.25, 0.3) is 0 Å². The Kier molecular flexibility index (Phi) is 6.15. The summed E-state index contributed by atoms with van der Waals surface area (Å²) in [6.45, 7) is 5.35. The Balaban J connectivity index is 1.66. The molecule has 0 bridgehead atoms. The Bertz CT molecular complexity index is 1160. The van der Waals surface area contributed by atoms with Gasteiger partial charge in [0.2, 0.25) is 5.91 Å². The zero-order valence-electron chi connectivity index (χ0n) is 17.3. The minimum atomic E-state index is -0.461. The molecule has 0 radical (unpaired) electrons. The summed E-state index contributed by atoms with van der Waals surface area (Å²) in [7, 11) is 0. The lowest BCUT2D eigenvalue weighted by Gasteiger charge is -2.31. The number of carbonyl (C=O) groups is 1. The highest BCUT2D eigenvalue weighted by atomic mass is 35.5. The molecule has 2 aromatic carbocycles. The van der Waals surface area contributed by atoms with Crippen molar-refractivity contribution in [3.63, 3.8) is 0 Å². The van der Waals surface area contributed by atoms with Crippen LogP contribution in [0.3, 0.4) is 0 Å². The van der Waals surface area contributed by atoms with Crippen LogP contribution in [0.1, 0.15) is 19.4 Å². The molecular weight excluding hydrogens is 417 g/mol. The lowest BCUT2D eigenvalue weighted by Crippen LogP contribution is -2.26. The predicted octanol–water partition coefficient (Wildman–Crippen LogP) is 4.61. The summed E-state index contributed by atoms with van der Waals surface area (Å²) < 4.78 is 13.6. The topological polar surface area (TPSA) is 70.1 Å². The van der Waals surface area contributed by atoms with Crippen LogP contribution in [0.25, 0.3) is 10.9 Å². The van der Waals surface area contributed by atoms with Crippen LogP contribution in [0.5, 0.6) is 0 Å². The Morgan fingerprint density at radius 2 is 2.13 bits per heavy atom. The van der Waals surface area contributed by atoms with Gasteiger partial charge in [-0.2, -0.15) is 0 Å². The van der Waals surface area contributed by atoms with Crippen molar-refractivity contribution in [2.45, 2.75) is 26.3 Å². The normalized spacial score (nSPS) is 13.4. The number of anilines is 3. The highest BCUT2D eigenvalue weighted by Crippen LogP contribution is 2.39. The van der Waals surface area contributed by atoms with Crippen LogP contribution in [-0.2, 0) is 11.2 Å². The molecule has 4 rings (SSSR count). The first-order valence-electron chi connectivity index (χ1n) is 10.1. The van der Waals surface area contributed by atoms with Gasteiger partial charge in [0.05, 0.1) is 10.5 Å². The Morgan fingerprint density at radius 1 is 1.29 bits per heavy atom. The van der Waals surface area contributed by atoms with Crippen molar-refractivity contribution < 1.29 is 9.18 Å². The standard InChI is InChI=1S/C23H23ClFN5O/c1-14(2)26-10-3-4-21(31)29-19-7-8-20-22-16(19)9-11-30(23(22)28-13-27-20)15-5-6-18(25)17(24)12-15/h3-8,12-14,26H,9-11H2,1-2H3,(H,29,31)/b4-3+. The first kappa shape index (κ1) is 21.2. The summed E-state index contributed by atoms with van der Waals surface area (Å²) in [4.78, 5) is 23.3. The van der Waals surface area contributed by atoms with Crippen molar-refractivity contribution in [3.8, 4) is 0 Å². The lowest BCUT2D eigenvalue weighted by molar-refractivity contribution is -0.111. The molecule has 0 atom stereocenters. The Hall–Kier alpha value is -3.03. The van der Waals surface area contributed by atoms with E-state index >= 15 is 0 Å². The van der Waals surface area contributed by atoms with Gasteiger partial charge in [0.15, 0.2) is 0 Å². The lowest BCUT2D eigenvalue weighted by atomic mass is 9.98. The molecule has 0 aliphatic carbocycles. The minimum absolute atomic E-state index is 0.0633. The molecule has 160 valence electrons. The molecule has 1 amide bonds. The minimum Gasteiger partial charge on any atom is -0.325 e. The van der Waals surface area contributed by atoms with E-state index in [1.54, 1.807) is 18.2 Å². The molecule has 0 saturated carbocycles. The molecule has 6 nitrogen and oxygen atoms in total. The van der Waals surface area contributed by atoms with Gasteiger partial charge in [-0.3, -0.25) is 4.79 Å². The van der Waals surface area contributed by atoms with Gasteiger partial charge in [-0.05, 0) is 42.3 Å². The second-order valence-electron chi connectivity index (χ2n) is 7.64. The third-order valence-electron chi connectivity index (χ3n) is 5.12. The van der Waals surface area contributed by atoms with Gasteiger partial charge >= 0.3 is 0 Å². The maximum Gasteiger partial charge on any atom is 0.248 e. The van der Waals surface area contributed by atoms with Crippen molar-refractivity contribution in [1.29, 1.82) is 0 Å². The fourth-order valence-electron chi connectivity index (χ4n) is 3.66. The summed E-state index contributed by atoms with van der Waals surface area (Å²) in [6.07, 6.45) is 5.51. The number of nitrogens with zero attached hydrogens (tertiary/aromatic N) is 3. The summed E-state index contributed by atoms with van der Waals surface area (Å²) in [5.41, 5.74) is 3.27. The number of carbonyl (C=O) groups excluding carboxylic acids is 1. The van der Waals surface area contributed by atoms with E-state index in [4.69, 9.17) is 11.6 Å². The average Bonchev–Trinajstić information content (AvgIpc) is 2.75. The molecule has 0 spiro atoms. The number of amides is 1. The molecule has 3 aromatic rings. The van der Waals surface area contributed by atoms with E-state index in [0.29, 0.717) is 31.4 Å². The van der Waals surface area contributed by atoms with Crippen molar-refractivity contribution >= 4 is 45.6 Å². The number of hydrogen-bond acceptors (Lipinski definition) is 5. The predicted molar refractivity (Wildman–Crippen MR) is 123 cm³/mol. The van der Waals surface area contributed by atoms with Crippen molar-refractivity contribution in [3.05, 3.63) is 65.2 Å². The highest BCUT2D eigenvalue weighted by molar-refractivity contribution is 6.31. The summed E-state index contributed by atoms with van der Waals surface area (Å²) in [5.74, 6) is 0.0614. The summed E-state index contributed by atoms with van der Waals surface area (Å²) >= 11 is 6.00. The van der Waals surface area contributed by atoms with E-state index in [-0.39, 0.29) is 10.9 Å². The molecule has 8 heteroatoms. The fraction of sp³-hybridized carbons (Fsp3) is 0.261. The van der Waals surface area contributed by atoms with E-state index in [2.05, 4.69) is 34.4 Å². The van der Waals surface area contributed by atoms with Gasteiger partial charge in [0.1, 0.15) is 18.0 Å². The summed E-state index contributed by atoms with van der Waals surface area (Å²) in [6, 6.07) is 8.72. The Morgan fingerprint density at radius 3 is 2.90 bits per heavy atom. The zero-order chi connectivity index (χ0) is 22.0. The molecule has 1 aliphatic rings. The number of aromatic nitrogens is 2. The number of halogens is 2. The number of hydrogen-bond donors (Lipinski definition) is 2. The second kappa shape index (κ2) is 8.99. The highest BCUT2D eigenvalue weighted by Gasteiger charge is 2.25. The van der Waals surface area contributed by atoms with Gasteiger partial charge < -0.3 is 15.5 Å². The smallest absolute Gasteiger partial charge is 0.248 e. The molecule has 1 aromatic heterocycles. The van der Waals surface area contributed by atoms with Crippen LogP contribution < -0.4 is 15.5 Å². The van der Waals surface area contributed by atoms with E-state index in [1.165, 1.54) is 18.5 Å². The third kappa shape index (κ3) is 4.52. The van der Waals surface area contributed by atoms with Crippen LogP contribution >= 0.6 is 11.6 Å². The van der Waals surface area contributed by atoms with Gasteiger partial charge in [-0.25, -0.2) is 14.4 Å². The SMILES string of the molecule is CC(C)NC/C=C/C(=O)Nc1ccc2ncnc3c2c1CCN3c1ccc(F)c(Cl)c1. The van der Waals surface area contributed by atoms with Gasteiger partial charge in [-0.1, -0.05) is 31.5 Å². The summed E-state index contributed by atoms with van der Waals surface area (Å²) in [5, 5.41) is 7.15. The quantitative estimate of drug-likeness (QED) is 0.549. The van der Waals surface area contributed by atoms with Gasteiger partial charge in [-0.15, -0.1) is 0 Å². The molecule has 0 unspecified atom stereocenters. The van der Waals surface area contributed by atoms with Crippen LogP contribution in [0.4, 0.5) is 21.6 Å². The molecule has 31 heavy (non-hydrogen) atoms. The molecule has 1 aliphatic heterocycles. The first-order valence-corrected chi connectivity index (χ1v) is 10.5. The van der Waals surface area contributed by atoms with Crippen LogP contribution in [-0.4, -0.2) is 35.0 Å². The maximum absolute atomic E-state index is 13.6. The average molecular weight is 440 g/mol. The first-order chi connectivity index (χ1) is 14.9. The maximum atomic E-state index is 13.6. The van der Waals surface area contributed by atoms with Crippen molar-refractivity contribution in [1.82, 2.24) is 15.3 Å². The van der Waals surface area contributed by atoms with E-state index < -0.39 is 5.82 Å². The van der Waals surface area contributed by atoms with Crippen LogP contribution in [0.2, 0.25) is 5.02 Å². The molecular formula is C23H23ClFN5O. The van der Waals surface area contributed by atoms with Gasteiger partial charge in [0, 0.05) is 42.0 Å². The monoisotopic (exact) mass is 439 g/mol. The Labute approximate surface area is 185 Å². The molecule has 0 saturated heterocycles. The van der Waals surface area contributed by atoms with E-state index in [1.807, 2.05) is 17.0 Å². The van der Waals surface area contributed by atoms with Crippen molar-refractivity contribution in [2.24, 2.45) is 0 Å². The van der Waals surface area contributed by atoms with Crippen LogP contribution in [0, 0.1) is 5.82 Å². The number of rotatable bonds is 6. The fourth-order valence-corrected chi connectivity index (χ4v) is 3.84. The third-order valence-corrected chi connectivity index (χ3v) is 5.41. The van der Waals surface area contributed by atoms with E-state index in [0.717, 1.165) is 27.8 Å². The zero-order valence-corrected chi connectivity index (χ0v) is 18.1. The number of benzene rings is 2.